The fourth-order valence-corrected chi connectivity index (χ4v) is 5.07. The van der Waals surface area contributed by atoms with Crippen LogP contribution in [-0.2, 0) is 10.0 Å². The van der Waals surface area contributed by atoms with Gasteiger partial charge in [0.15, 0.2) is 0 Å². The summed E-state index contributed by atoms with van der Waals surface area (Å²) < 4.78 is 27.8. The SMILES string of the molecule is Cc1cnccc1N1CCCN(S(=O)(=O)c2cc(C(=O)O)ccc2C)CC1. The molecule has 1 aliphatic rings. The van der Waals surface area contributed by atoms with Gasteiger partial charge >= 0.3 is 5.97 Å². The zero-order valence-corrected chi connectivity index (χ0v) is 16.2. The Hall–Kier alpha value is -2.45. The number of aryl methyl sites for hydroxylation is 2. The Labute approximate surface area is 159 Å². The second kappa shape index (κ2) is 7.66. The Morgan fingerprint density at radius 2 is 1.85 bits per heavy atom. The number of hydrogen-bond acceptors (Lipinski definition) is 5. The number of sulfonamides is 1. The van der Waals surface area contributed by atoms with Crippen molar-refractivity contribution in [3.05, 3.63) is 53.3 Å². The van der Waals surface area contributed by atoms with Gasteiger partial charge < -0.3 is 10.0 Å². The molecular formula is C19H23N3O4S. The summed E-state index contributed by atoms with van der Waals surface area (Å²) >= 11 is 0. The molecule has 1 aromatic heterocycles. The van der Waals surface area contributed by atoms with Gasteiger partial charge in [0.1, 0.15) is 0 Å². The maximum Gasteiger partial charge on any atom is 0.335 e. The number of hydrogen-bond donors (Lipinski definition) is 1. The maximum atomic E-state index is 13.2. The van der Waals surface area contributed by atoms with E-state index in [0.717, 1.165) is 17.8 Å². The Balaban J connectivity index is 1.86. The van der Waals surface area contributed by atoms with Crippen molar-refractivity contribution in [3.63, 3.8) is 0 Å². The summed E-state index contributed by atoms with van der Waals surface area (Å²) in [5, 5.41) is 9.19. The molecule has 1 aliphatic heterocycles. The van der Waals surface area contributed by atoms with Gasteiger partial charge in [-0.2, -0.15) is 4.31 Å². The molecule has 3 rings (SSSR count). The third-order valence-electron chi connectivity index (χ3n) is 4.84. The van der Waals surface area contributed by atoms with E-state index in [1.807, 2.05) is 13.0 Å². The predicted molar refractivity (Wildman–Crippen MR) is 103 cm³/mol. The number of carboxylic acids is 1. The molecule has 0 unspecified atom stereocenters. The van der Waals surface area contributed by atoms with Gasteiger partial charge in [-0.1, -0.05) is 6.07 Å². The lowest BCUT2D eigenvalue weighted by Crippen LogP contribution is -2.35. The molecule has 0 bridgehead atoms. The Bertz CT molecular complexity index is 959. The van der Waals surface area contributed by atoms with E-state index in [9.17, 15) is 18.3 Å². The average Bonchev–Trinajstić information content (AvgIpc) is 2.88. The number of pyridine rings is 1. The van der Waals surface area contributed by atoms with Crippen LogP contribution in [0.25, 0.3) is 0 Å². The van der Waals surface area contributed by atoms with E-state index >= 15 is 0 Å². The summed E-state index contributed by atoms with van der Waals surface area (Å²) in [7, 11) is -3.76. The summed E-state index contributed by atoms with van der Waals surface area (Å²) in [6.07, 6.45) is 4.23. The second-order valence-electron chi connectivity index (χ2n) is 6.69. The van der Waals surface area contributed by atoms with Gasteiger partial charge in [0, 0.05) is 44.3 Å². The van der Waals surface area contributed by atoms with Gasteiger partial charge in [-0.25, -0.2) is 13.2 Å². The van der Waals surface area contributed by atoms with Crippen LogP contribution in [0.4, 0.5) is 5.69 Å². The van der Waals surface area contributed by atoms with Gasteiger partial charge in [-0.15, -0.1) is 0 Å². The van der Waals surface area contributed by atoms with E-state index in [4.69, 9.17) is 0 Å². The molecule has 2 aromatic rings. The fourth-order valence-electron chi connectivity index (χ4n) is 3.35. The second-order valence-corrected chi connectivity index (χ2v) is 8.60. The molecule has 27 heavy (non-hydrogen) atoms. The first kappa shape index (κ1) is 19.3. The first-order valence-corrected chi connectivity index (χ1v) is 10.2. The van der Waals surface area contributed by atoms with Crippen LogP contribution >= 0.6 is 0 Å². The van der Waals surface area contributed by atoms with Crippen molar-refractivity contribution in [2.45, 2.75) is 25.2 Å². The molecular weight excluding hydrogens is 366 g/mol. The van der Waals surface area contributed by atoms with E-state index in [1.165, 1.54) is 16.4 Å². The molecule has 8 heteroatoms. The standard InChI is InChI=1S/C19H23N3O4S/c1-14-4-5-16(19(23)24)12-18(14)27(25,26)22-9-3-8-21(10-11-22)17-6-7-20-13-15(17)2/h4-7,12-13H,3,8-11H2,1-2H3,(H,23,24). The van der Waals surface area contributed by atoms with Gasteiger partial charge in [0.05, 0.1) is 10.5 Å². The largest absolute Gasteiger partial charge is 0.478 e. The lowest BCUT2D eigenvalue weighted by molar-refractivity contribution is 0.0696. The highest BCUT2D eigenvalue weighted by molar-refractivity contribution is 7.89. The summed E-state index contributed by atoms with van der Waals surface area (Å²) in [5.74, 6) is -1.14. The van der Waals surface area contributed by atoms with E-state index < -0.39 is 16.0 Å². The number of rotatable bonds is 4. The number of carbonyl (C=O) groups is 1. The zero-order chi connectivity index (χ0) is 19.6. The van der Waals surface area contributed by atoms with Crippen molar-refractivity contribution >= 4 is 21.7 Å². The number of nitrogens with zero attached hydrogens (tertiary/aromatic N) is 3. The number of anilines is 1. The highest BCUT2D eigenvalue weighted by atomic mass is 32.2. The number of carboxylic acid groups (broad SMARTS) is 1. The van der Waals surface area contributed by atoms with Gasteiger partial charge in [-0.3, -0.25) is 4.98 Å². The smallest absolute Gasteiger partial charge is 0.335 e. The summed E-state index contributed by atoms with van der Waals surface area (Å²) in [6, 6.07) is 6.16. The summed E-state index contributed by atoms with van der Waals surface area (Å²) in [4.78, 5) is 17.6. The third-order valence-corrected chi connectivity index (χ3v) is 6.88. The van der Waals surface area contributed by atoms with Crippen molar-refractivity contribution in [1.82, 2.24) is 9.29 Å². The quantitative estimate of drug-likeness (QED) is 0.863. The van der Waals surface area contributed by atoms with Crippen molar-refractivity contribution in [3.8, 4) is 0 Å². The minimum Gasteiger partial charge on any atom is -0.478 e. The van der Waals surface area contributed by atoms with Crippen LogP contribution in [-0.4, -0.2) is 55.0 Å². The number of benzene rings is 1. The molecule has 1 aromatic carbocycles. The number of aromatic carboxylic acids is 1. The highest BCUT2D eigenvalue weighted by Gasteiger charge is 2.29. The molecule has 0 radical (unpaired) electrons. The predicted octanol–water partition coefficient (Wildman–Crippen LogP) is 2.30. The molecule has 1 saturated heterocycles. The van der Waals surface area contributed by atoms with E-state index in [1.54, 1.807) is 25.4 Å². The molecule has 0 spiro atoms. The van der Waals surface area contributed by atoms with Gasteiger partial charge in [-0.05, 0) is 49.6 Å². The highest BCUT2D eigenvalue weighted by Crippen LogP contribution is 2.25. The molecule has 0 aliphatic carbocycles. The molecule has 0 atom stereocenters. The topological polar surface area (TPSA) is 90.8 Å². The Morgan fingerprint density at radius 3 is 2.56 bits per heavy atom. The van der Waals surface area contributed by atoms with Crippen molar-refractivity contribution < 1.29 is 18.3 Å². The van der Waals surface area contributed by atoms with Crippen LogP contribution in [0.3, 0.4) is 0 Å². The van der Waals surface area contributed by atoms with Crippen molar-refractivity contribution in [1.29, 1.82) is 0 Å². The molecule has 1 N–H and O–H groups in total. The molecule has 1 fully saturated rings. The van der Waals surface area contributed by atoms with E-state index in [2.05, 4.69) is 9.88 Å². The Kier molecular flexibility index (Phi) is 5.48. The number of aromatic nitrogens is 1. The lowest BCUT2D eigenvalue weighted by Gasteiger charge is -2.25. The van der Waals surface area contributed by atoms with Crippen LogP contribution in [0.2, 0.25) is 0 Å². The van der Waals surface area contributed by atoms with E-state index in [-0.39, 0.29) is 10.5 Å². The van der Waals surface area contributed by atoms with Crippen LogP contribution in [0, 0.1) is 13.8 Å². The maximum absolute atomic E-state index is 13.2. The summed E-state index contributed by atoms with van der Waals surface area (Å²) in [5.41, 5.74) is 2.64. The van der Waals surface area contributed by atoms with Crippen molar-refractivity contribution in [2.24, 2.45) is 0 Å². The Morgan fingerprint density at radius 1 is 1.07 bits per heavy atom. The molecule has 0 amide bonds. The third kappa shape index (κ3) is 3.96. The monoisotopic (exact) mass is 389 g/mol. The molecule has 144 valence electrons. The molecule has 2 heterocycles. The lowest BCUT2D eigenvalue weighted by atomic mass is 10.1. The van der Waals surface area contributed by atoms with Crippen LogP contribution in [0.1, 0.15) is 27.9 Å². The van der Waals surface area contributed by atoms with Crippen LogP contribution in [0.15, 0.2) is 41.6 Å². The fraction of sp³-hybridized carbons (Fsp3) is 0.368. The van der Waals surface area contributed by atoms with Gasteiger partial charge in [0.2, 0.25) is 10.0 Å². The van der Waals surface area contributed by atoms with E-state index in [0.29, 0.717) is 31.6 Å². The molecule has 0 saturated carbocycles. The van der Waals surface area contributed by atoms with Crippen LogP contribution in [0.5, 0.6) is 0 Å². The summed E-state index contributed by atoms with van der Waals surface area (Å²) in [6.45, 7) is 5.75. The van der Waals surface area contributed by atoms with Crippen molar-refractivity contribution in [2.75, 3.05) is 31.1 Å². The average molecular weight is 389 g/mol. The minimum absolute atomic E-state index is 0.0250. The van der Waals surface area contributed by atoms with Crippen LogP contribution < -0.4 is 4.90 Å². The minimum atomic E-state index is -3.76. The first-order chi connectivity index (χ1) is 12.8. The normalized spacial score (nSPS) is 16.1. The van der Waals surface area contributed by atoms with Gasteiger partial charge in [0.25, 0.3) is 0 Å². The molecule has 7 nitrogen and oxygen atoms in total. The zero-order valence-electron chi connectivity index (χ0n) is 15.4. The first-order valence-electron chi connectivity index (χ1n) is 8.80.